The molecule has 1 aliphatic rings. The van der Waals surface area contributed by atoms with Gasteiger partial charge in [0.25, 0.3) is 0 Å². The predicted octanol–water partition coefficient (Wildman–Crippen LogP) is -5.65. The molecule has 26 heteroatoms. The molecule has 1 saturated heterocycles. The number of aliphatic hydroxyl groups excluding tert-OH is 4. The second-order valence-electron chi connectivity index (χ2n) is 16.4. The molecule has 0 aromatic rings. The third-order valence-corrected chi connectivity index (χ3v) is 10.3. The van der Waals surface area contributed by atoms with E-state index in [4.69, 9.17) is 40.9 Å². The first-order chi connectivity index (χ1) is 33.2. The van der Waals surface area contributed by atoms with Crippen LogP contribution in [0.1, 0.15) is 83.5 Å². The molecule has 0 radical (unpaired) electrons. The fourth-order valence-corrected chi connectivity index (χ4v) is 6.35. The highest BCUT2D eigenvalue weighted by molar-refractivity contribution is 5.80. The summed E-state index contributed by atoms with van der Waals surface area (Å²) in [5.74, 6) is -2.08. The van der Waals surface area contributed by atoms with Crippen LogP contribution in [-0.2, 0) is 57.2 Å². The van der Waals surface area contributed by atoms with Crippen molar-refractivity contribution in [2.45, 2.75) is 120 Å². The Balaban J connectivity index is 2.71. The Morgan fingerprint density at radius 2 is 0.870 bits per heavy atom. The maximum absolute atomic E-state index is 13.4. The molecule has 1 rings (SSSR count). The Hall–Kier alpha value is -4.19. The van der Waals surface area contributed by atoms with Crippen LogP contribution in [0.15, 0.2) is 0 Å². The van der Waals surface area contributed by atoms with Gasteiger partial charge >= 0.3 is 0 Å². The molecular formula is C43H82N10O16. The number of ether oxygens (including phenoxy) is 5. The SMILES string of the molecule is NCCCNC(=O)CCOCC(COCCC(=O)NCCCN)(COCCC(=O)NCCCNC(=O)CCCCO[C@@H]1OC(CO)[C@@H](O)C(O)C1O)NC(=O)CCCC(=O)NCCCNC(=O)CN. The first-order valence-corrected chi connectivity index (χ1v) is 23.9. The lowest BCUT2D eigenvalue weighted by Gasteiger charge is -2.39. The van der Waals surface area contributed by atoms with Gasteiger partial charge in [0.2, 0.25) is 41.4 Å². The molecular weight excluding hydrogens is 913 g/mol. The van der Waals surface area contributed by atoms with Gasteiger partial charge in [-0.15, -0.1) is 0 Å². The number of nitrogens with one attached hydrogen (secondary N) is 7. The van der Waals surface area contributed by atoms with Crippen LogP contribution >= 0.6 is 0 Å². The van der Waals surface area contributed by atoms with Gasteiger partial charge in [0, 0.05) is 84.4 Å². The van der Waals surface area contributed by atoms with E-state index in [-0.39, 0.29) is 140 Å². The first-order valence-electron chi connectivity index (χ1n) is 23.9. The molecule has 7 amide bonds. The third kappa shape index (κ3) is 30.9. The largest absolute Gasteiger partial charge is 0.394 e. The lowest BCUT2D eigenvalue weighted by Crippen LogP contribution is -2.59. The molecule has 1 aliphatic heterocycles. The topological polar surface area (TPSA) is 409 Å². The van der Waals surface area contributed by atoms with Crippen molar-refractivity contribution >= 4 is 41.4 Å². The molecule has 400 valence electrons. The van der Waals surface area contributed by atoms with Crippen molar-refractivity contribution in [3.63, 3.8) is 0 Å². The smallest absolute Gasteiger partial charge is 0.233 e. The zero-order chi connectivity index (χ0) is 51.1. The van der Waals surface area contributed by atoms with Crippen LogP contribution < -0.4 is 54.4 Å². The van der Waals surface area contributed by atoms with Crippen molar-refractivity contribution in [3.8, 4) is 0 Å². The van der Waals surface area contributed by atoms with Gasteiger partial charge in [-0.3, -0.25) is 33.6 Å². The monoisotopic (exact) mass is 995 g/mol. The van der Waals surface area contributed by atoms with Crippen molar-refractivity contribution in [2.24, 2.45) is 17.2 Å². The quantitative estimate of drug-likeness (QED) is 0.0254. The first kappa shape index (κ1) is 62.8. The number of aliphatic hydroxyl groups is 4. The van der Waals surface area contributed by atoms with Gasteiger partial charge < -0.3 is 98.5 Å². The minimum absolute atomic E-state index is 0.0158. The van der Waals surface area contributed by atoms with Crippen molar-refractivity contribution < 1.29 is 77.7 Å². The minimum Gasteiger partial charge on any atom is -0.394 e. The number of unbranched alkanes of at least 4 members (excludes halogenated alkanes) is 1. The summed E-state index contributed by atoms with van der Waals surface area (Å²) < 4.78 is 28.4. The number of rotatable bonds is 42. The Morgan fingerprint density at radius 1 is 0.464 bits per heavy atom. The maximum atomic E-state index is 13.4. The summed E-state index contributed by atoms with van der Waals surface area (Å²) >= 11 is 0. The zero-order valence-electron chi connectivity index (χ0n) is 40.0. The van der Waals surface area contributed by atoms with Gasteiger partial charge in [-0.25, -0.2) is 0 Å². The lowest BCUT2D eigenvalue weighted by atomic mass is 9.99. The molecule has 0 aromatic heterocycles. The normalized spacial score (nSPS) is 17.9. The van der Waals surface area contributed by atoms with E-state index in [0.717, 1.165) is 0 Å². The summed E-state index contributed by atoms with van der Waals surface area (Å²) in [7, 11) is 0. The van der Waals surface area contributed by atoms with Crippen LogP contribution in [0.5, 0.6) is 0 Å². The van der Waals surface area contributed by atoms with Crippen LogP contribution in [-0.4, -0.2) is 210 Å². The van der Waals surface area contributed by atoms with E-state index < -0.39 is 48.8 Å². The average Bonchev–Trinajstić information content (AvgIpc) is 3.32. The molecule has 1 fully saturated rings. The summed E-state index contributed by atoms with van der Waals surface area (Å²) in [6.45, 7) is 1.64. The molecule has 1 heterocycles. The molecule has 0 aliphatic carbocycles. The summed E-state index contributed by atoms with van der Waals surface area (Å²) in [5.41, 5.74) is 14.9. The van der Waals surface area contributed by atoms with E-state index in [1.807, 2.05) is 0 Å². The molecule has 5 atom stereocenters. The highest BCUT2D eigenvalue weighted by atomic mass is 16.7. The van der Waals surface area contributed by atoms with Crippen LogP contribution in [0.2, 0.25) is 0 Å². The van der Waals surface area contributed by atoms with Crippen molar-refractivity contribution in [1.82, 2.24) is 37.2 Å². The highest BCUT2D eigenvalue weighted by Gasteiger charge is 2.44. The Labute approximate surface area is 404 Å². The van der Waals surface area contributed by atoms with E-state index in [2.05, 4.69) is 37.2 Å². The van der Waals surface area contributed by atoms with Crippen molar-refractivity contribution in [3.05, 3.63) is 0 Å². The molecule has 0 aromatic carbocycles. The molecule has 69 heavy (non-hydrogen) atoms. The molecule has 3 unspecified atom stereocenters. The Morgan fingerprint density at radius 3 is 1.30 bits per heavy atom. The third-order valence-electron chi connectivity index (χ3n) is 10.3. The van der Waals surface area contributed by atoms with Crippen LogP contribution in [0.4, 0.5) is 0 Å². The number of carbonyl (C=O) groups excluding carboxylic acids is 7. The average molecular weight is 995 g/mol. The molecule has 0 spiro atoms. The molecule has 17 N–H and O–H groups in total. The molecule has 0 saturated carbocycles. The summed E-state index contributed by atoms with van der Waals surface area (Å²) in [4.78, 5) is 86.7. The van der Waals surface area contributed by atoms with Crippen molar-refractivity contribution in [2.75, 3.05) is 112 Å². The minimum atomic E-state index is -1.54. The summed E-state index contributed by atoms with van der Waals surface area (Å²) in [6, 6.07) is 0. The van der Waals surface area contributed by atoms with Crippen molar-refractivity contribution in [1.29, 1.82) is 0 Å². The summed E-state index contributed by atoms with van der Waals surface area (Å²) in [6.07, 6.45) is -3.46. The number of hydrogen-bond acceptors (Lipinski definition) is 19. The molecule has 26 nitrogen and oxygen atoms in total. The Bertz CT molecular complexity index is 1440. The van der Waals surface area contributed by atoms with E-state index in [0.29, 0.717) is 84.3 Å². The van der Waals surface area contributed by atoms with E-state index in [1.165, 1.54) is 0 Å². The predicted molar refractivity (Wildman–Crippen MR) is 248 cm³/mol. The van der Waals surface area contributed by atoms with Gasteiger partial charge in [-0.1, -0.05) is 0 Å². The standard InChI is InChI=1S/C43H82N10O16/c44-14-4-16-47-34(57)11-23-65-28-43(29-66-24-12-35(58)48-17-5-15-45,53-37(60)10-3-9-33(56)50-19-7-21-52-38(61)26-46)30-67-25-13-36(59)51-20-6-18-49-32(55)8-1-2-22-68-42-41(64)40(63)39(62)31(27-54)69-42/h31,39-42,54,62-64H,1-30,44-46H2,(H,47,57)(H,48,58)(H,49,55)(H,50,56)(H,51,59)(H,52,61)(H,53,60)/t31?,39-,40?,41?,42-/m1/s1. The number of amides is 7. The fourth-order valence-electron chi connectivity index (χ4n) is 6.35. The highest BCUT2D eigenvalue weighted by Crippen LogP contribution is 2.22. The Kier molecular flexibility index (Phi) is 36.0. The second-order valence-corrected chi connectivity index (χ2v) is 16.4. The van der Waals surface area contributed by atoms with Crippen LogP contribution in [0.25, 0.3) is 0 Å². The molecule has 0 bridgehead atoms. The second kappa shape index (κ2) is 39.5. The van der Waals surface area contributed by atoms with Gasteiger partial charge in [0.15, 0.2) is 6.29 Å². The lowest BCUT2D eigenvalue weighted by molar-refractivity contribution is -0.301. The van der Waals surface area contributed by atoms with E-state index in [1.54, 1.807) is 0 Å². The summed E-state index contributed by atoms with van der Waals surface area (Å²) in [5, 5.41) is 58.4. The number of nitrogens with two attached hydrogens (primary N) is 3. The van der Waals surface area contributed by atoms with Crippen LogP contribution in [0.3, 0.4) is 0 Å². The zero-order valence-corrected chi connectivity index (χ0v) is 40.0. The van der Waals surface area contributed by atoms with Crippen LogP contribution in [0, 0.1) is 0 Å². The van der Waals surface area contributed by atoms with Gasteiger partial charge in [0.05, 0.1) is 52.8 Å². The van der Waals surface area contributed by atoms with Gasteiger partial charge in [0.1, 0.15) is 30.0 Å². The maximum Gasteiger partial charge on any atom is 0.233 e. The number of hydrogen-bond donors (Lipinski definition) is 14. The van der Waals surface area contributed by atoms with E-state index in [9.17, 15) is 54.0 Å². The van der Waals surface area contributed by atoms with E-state index >= 15 is 0 Å². The van der Waals surface area contributed by atoms with Gasteiger partial charge in [-0.05, 0) is 58.0 Å². The number of carbonyl (C=O) groups is 7. The van der Waals surface area contributed by atoms with Gasteiger partial charge in [-0.2, -0.15) is 0 Å². The fraction of sp³-hybridized carbons (Fsp3) is 0.837.